The van der Waals surface area contributed by atoms with Gasteiger partial charge in [0.1, 0.15) is 18.3 Å². The van der Waals surface area contributed by atoms with Gasteiger partial charge in [0, 0.05) is 10.9 Å². The number of aliphatic hydroxyl groups excluding tert-OH is 3. The normalized spacial score (nSPS) is 26.7. The van der Waals surface area contributed by atoms with Crippen LogP contribution in [0.15, 0.2) is 46.7 Å². The Morgan fingerprint density at radius 2 is 1.87 bits per heavy atom. The third kappa shape index (κ3) is 4.01. The van der Waals surface area contributed by atoms with Gasteiger partial charge in [0.05, 0.1) is 12.9 Å². The molecule has 4 atom stereocenters. The minimum absolute atomic E-state index is 0.340. The van der Waals surface area contributed by atoms with E-state index in [2.05, 4.69) is 10.3 Å². The molecule has 31 heavy (non-hydrogen) atoms. The quantitative estimate of drug-likeness (QED) is 0.423. The second-order valence-electron chi connectivity index (χ2n) is 7.95. The second kappa shape index (κ2) is 8.71. The largest absolute Gasteiger partial charge is 0.394 e. The molecule has 0 amide bonds. The van der Waals surface area contributed by atoms with E-state index in [-0.39, 0.29) is 6.61 Å². The zero-order valence-corrected chi connectivity index (χ0v) is 17.6. The summed E-state index contributed by atoms with van der Waals surface area (Å²) in [6.45, 7) is -0.389. The number of rotatable bonds is 6. The summed E-state index contributed by atoms with van der Waals surface area (Å²) in [5.74, 6) is 0.654. The van der Waals surface area contributed by atoms with Crippen molar-refractivity contribution in [3.8, 4) is 0 Å². The predicted octanol–water partition coefficient (Wildman–Crippen LogP) is 1.94. The summed E-state index contributed by atoms with van der Waals surface area (Å²) < 4.78 is 7.31. The van der Waals surface area contributed by atoms with Gasteiger partial charge in [-0.2, -0.15) is 0 Å². The standard InChI is InChI=1S/C21H25N5O4S/c27-10-14-16(28)17(29)20(30-14)26-11-22-15-18(23-12-6-4-5-7-12)24-21(25-19(15)26)31-13-8-2-1-3-9-13/h1-3,8-9,11-12,14,16-17,20,27-29H,4-7,10H2,(H,23,24,25)/t14-,16-,17-,20?/m1/s1. The van der Waals surface area contributed by atoms with Gasteiger partial charge in [0.2, 0.25) is 0 Å². The highest BCUT2D eigenvalue weighted by Crippen LogP contribution is 2.35. The number of fused-ring (bicyclic) bond motifs is 1. The molecule has 4 N–H and O–H groups in total. The molecule has 3 aromatic rings. The van der Waals surface area contributed by atoms with Crippen molar-refractivity contribution in [1.82, 2.24) is 19.5 Å². The van der Waals surface area contributed by atoms with Gasteiger partial charge in [-0.1, -0.05) is 31.0 Å². The molecular formula is C21H25N5O4S. The van der Waals surface area contributed by atoms with E-state index in [9.17, 15) is 15.3 Å². The second-order valence-corrected chi connectivity index (χ2v) is 8.99. The van der Waals surface area contributed by atoms with Crippen LogP contribution in [-0.2, 0) is 4.74 Å². The number of hydrogen-bond donors (Lipinski definition) is 4. The van der Waals surface area contributed by atoms with E-state index in [1.807, 2.05) is 30.3 Å². The molecule has 0 radical (unpaired) electrons. The maximum Gasteiger partial charge on any atom is 0.196 e. The van der Waals surface area contributed by atoms with E-state index in [1.54, 1.807) is 4.57 Å². The van der Waals surface area contributed by atoms with Crippen LogP contribution >= 0.6 is 11.8 Å². The first-order chi connectivity index (χ1) is 15.1. The Balaban J connectivity index is 1.55. The minimum Gasteiger partial charge on any atom is -0.394 e. The molecule has 9 nitrogen and oxygen atoms in total. The van der Waals surface area contributed by atoms with Crippen molar-refractivity contribution in [2.45, 2.75) is 66.3 Å². The van der Waals surface area contributed by atoms with E-state index in [0.717, 1.165) is 17.7 Å². The topological polar surface area (TPSA) is 126 Å². The Bertz CT molecular complexity index is 1040. The third-order valence-corrected chi connectivity index (χ3v) is 6.71. The van der Waals surface area contributed by atoms with Crippen molar-refractivity contribution < 1.29 is 20.1 Å². The first-order valence-electron chi connectivity index (χ1n) is 10.5. The molecular weight excluding hydrogens is 418 g/mol. The number of nitrogens with one attached hydrogen (secondary N) is 1. The van der Waals surface area contributed by atoms with Gasteiger partial charge in [0.15, 0.2) is 28.4 Å². The molecule has 1 aliphatic carbocycles. The fraction of sp³-hybridized carbons (Fsp3) is 0.476. The van der Waals surface area contributed by atoms with Gasteiger partial charge in [0.25, 0.3) is 0 Å². The van der Waals surface area contributed by atoms with Crippen molar-refractivity contribution >= 4 is 28.7 Å². The van der Waals surface area contributed by atoms with Gasteiger partial charge in [-0.3, -0.25) is 4.57 Å². The van der Waals surface area contributed by atoms with Gasteiger partial charge >= 0.3 is 0 Å². The lowest BCUT2D eigenvalue weighted by molar-refractivity contribution is -0.0511. The Labute approximate surface area is 183 Å². The summed E-state index contributed by atoms with van der Waals surface area (Å²) in [4.78, 5) is 14.9. The number of nitrogens with zero attached hydrogens (tertiary/aromatic N) is 4. The summed E-state index contributed by atoms with van der Waals surface area (Å²) in [6.07, 6.45) is 1.92. The van der Waals surface area contributed by atoms with E-state index in [1.165, 1.54) is 30.9 Å². The summed E-state index contributed by atoms with van der Waals surface area (Å²) in [5, 5.41) is 34.2. The van der Waals surface area contributed by atoms with Crippen LogP contribution in [0.4, 0.5) is 5.82 Å². The Hall–Kier alpha value is -2.24. The average molecular weight is 444 g/mol. The van der Waals surface area contributed by atoms with Crippen molar-refractivity contribution in [1.29, 1.82) is 0 Å². The number of anilines is 1. The predicted molar refractivity (Wildman–Crippen MR) is 115 cm³/mol. The van der Waals surface area contributed by atoms with Crippen molar-refractivity contribution in [3.63, 3.8) is 0 Å². The average Bonchev–Trinajstić information content (AvgIpc) is 3.50. The molecule has 5 rings (SSSR count). The first-order valence-corrected chi connectivity index (χ1v) is 11.3. The maximum absolute atomic E-state index is 10.5. The molecule has 1 saturated carbocycles. The van der Waals surface area contributed by atoms with E-state index in [4.69, 9.17) is 14.7 Å². The number of imidazole rings is 1. The zero-order chi connectivity index (χ0) is 21.4. The molecule has 1 aromatic carbocycles. The van der Waals surface area contributed by atoms with Crippen LogP contribution in [0.1, 0.15) is 31.9 Å². The molecule has 10 heteroatoms. The molecule has 1 unspecified atom stereocenters. The van der Waals surface area contributed by atoms with Crippen LogP contribution in [0.5, 0.6) is 0 Å². The Morgan fingerprint density at radius 3 is 2.58 bits per heavy atom. The SMILES string of the molecule is OC[C@H]1OC(n2cnc3c(NC4CCCC4)nc(Sc4ccccc4)nc32)[C@H](O)[C@@H]1O. The molecule has 1 aliphatic heterocycles. The summed E-state index contributed by atoms with van der Waals surface area (Å²) >= 11 is 1.44. The molecule has 0 bridgehead atoms. The molecule has 3 heterocycles. The summed E-state index contributed by atoms with van der Waals surface area (Å²) in [5.41, 5.74) is 1.09. The molecule has 2 fully saturated rings. The van der Waals surface area contributed by atoms with Gasteiger partial charge < -0.3 is 25.4 Å². The fourth-order valence-electron chi connectivity index (χ4n) is 4.20. The number of benzene rings is 1. The molecule has 0 spiro atoms. The van der Waals surface area contributed by atoms with E-state index in [0.29, 0.717) is 28.2 Å². The highest BCUT2D eigenvalue weighted by Gasteiger charge is 2.44. The highest BCUT2D eigenvalue weighted by atomic mass is 32.2. The monoisotopic (exact) mass is 443 g/mol. The van der Waals surface area contributed by atoms with Crippen molar-refractivity contribution in [2.24, 2.45) is 0 Å². The third-order valence-electron chi connectivity index (χ3n) is 5.84. The van der Waals surface area contributed by atoms with Crippen LogP contribution < -0.4 is 5.32 Å². The highest BCUT2D eigenvalue weighted by molar-refractivity contribution is 7.99. The van der Waals surface area contributed by atoms with Crippen LogP contribution in [0.2, 0.25) is 0 Å². The first kappa shape index (κ1) is 20.7. The lowest BCUT2D eigenvalue weighted by atomic mass is 10.1. The van der Waals surface area contributed by atoms with Crippen LogP contribution in [-0.4, -0.2) is 65.8 Å². The number of hydrogen-bond acceptors (Lipinski definition) is 9. The maximum atomic E-state index is 10.5. The molecule has 164 valence electrons. The number of aromatic nitrogens is 4. The van der Waals surface area contributed by atoms with Gasteiger partial charge in [-0.05, 0) is 36.7 Å². The molecule has 1 saturated heterocycles. The van der Waals surface area contributed by atoms with Crippen molar-refractivity contribution in [3.05, 3.63) is 36.7 Å². The lowest BCUT2D eigenvalue weighted by Gasteiger charge is -2.18. The van der Waals surface area contributed by atoms with E-state index < -0.39 is 24.5 Å². The molecule has 2 aliphatic rings. The fourth-order valence-corrected chi connectivity index (χ4v) is 4.97. The van der Waals surface area contributed by atoms with Crippen LogP contribution in [0.3, 0.4) is 0 Å². The van der Waals surface area contributed by atoms with Gasteiger partial charge in [-0.15, -0.1) is 0 Å². The van der Waals surface area contributed by atoms with Crippen LogP contribution in [0.25, 0.3) is 11.2 Å². The Kier molecular flexibility index (Phi) is 5.81. The smallest absolute Gasteiger partial charge is 0.196 e. The van der Waals surface area contributed by atoms with E-state index >= 15 is 0 Å². The van der Waals surface area contributed by atoms with Crippen LogP contribution in [0, 0.1) is 0 Å². The number of aliphatic hydroxyl groups is 3. The minimum atomic E-state index is -1.21. The summed E-state index contributed by atoms with van der Waals surface area (Å²) in [7, 11) is 0. The molecule has 2 aromatic heterocycles. The summed E-state index contributed by atoms with van der Waals surface area (Å²) in [6, 6.07) is 10.2. The lowest BCUT2D eigenvalue weighted by Crippen LogP contribution is -2.33. The van der Waals surface area contributed by atoms with Crippen molar-refractivity contribution in [2.75, 3.05) is 11.9 Å². The Morgan fingerprint density at radius 1 is 1.10 bits per heavy atom. The number of ether oxygens (including phenoxy) is 1. The zero-order valence-electron chi connectivity index (χ0n) is 16.8. The van der Waals surface area contributed by atoms with Gasteiger partial charge in [-0.25, -0.2) is 15.0 Å².